The highest BCUT2D eigenvalue weighted by atomic mass is 32.1. The van der Waals surface area contributed by atoms with Gasteiger partial charge < -0.3 is 4.42 Å². The second-order valence-corrected chi connectivity index (χ2v) is 11.5. The Morgan fingerprint density at radius 1 is 0.425 bits per heavy atom. The SMILES string of the molecule is c1ccc2cc(-c3c4ccccc4c(-c4cc5ccc6c7ccccc7sc6c5o4)c4ccccc34)ccc2c1. The minimum Gasteiger partial charge on any atom is -0.455 e. The zero-order valence-electron chi connectivity index (χ0n) is 21.5. The molecule has 7 aromatic carbocycles. The Hall–Kier alpha value is -4.92. The highest BCUT2D eigenvalue weighted by Gasteiger charge is 2.20. The molecule has 2 heteroatoms. The highest BCUT2D eigenvalue weighted by molar-refractivity contribution is 7.26. The Balaban J connectivity index is 1.37. The average molecular weight is 527 g/mol. The number of hydrogen-bond donors (Lipinski definition) is 0. The molecule has 1 nitrogen and oxygen atoms in total. The first-order valence-electron chi connectivity index (χ1n) is 13.6. The van der Waals surface area contributed by atoms with Gasteiger partial charge in [0.15, 0.2) is 5.58 Å². The van der Waals surface area contributed by atoms with Crippen molar-refractivity contribution in [3.05, 3.63) is 133 Å². The summed E-state index contributed by atoms with van der Waals surface area (Å²) in [6.45, 7) is 0. The number of hydrogen-bond acceptors (Lipinski definition) is 2. The van der Waals surface area contributed by atoms with Crippen LogP contribution in [0.1, 0.15) is 0 Å². The lowest BCUT2D eigenvalue weighted by atomic mass is 9.87. The first-order chi connectivity index (χ1) is 19.8. The molecule has 186 valence electrons. The van der Waals surface area contributed by atoms with Gasteiger partial charge in [-0.1, -0.05) is 115 Å². The lowest BCUT2D eigenvalue weighted by molar-refractivity contribution is 0.637. The molecule has 0 saturated heterocycles. The summed E-state index contributed by atoms with van der Waals surface area (Å²) < 4.78 is 9.33. The van der Waals surface area contributed by atoms with Gasteiger partial charge in [0, 0.05) is 26.4 Å². The molecule has 9 aromatic rings. The summed E-state index contributed by atoms with van der Waals surface area (Å²) in [5.41, 5.74) is 4.62. The van der Waals surface area contributed by atoms with E-state index in [1.54, 1.807) is 0 Å². The first kappa shape index (κ1) is 22.0. The summed E-state index contributed by atoms with van der Waals surface area (Å²) >= 11 is 1.81. The van der Waals surface area contributed by atoms with E-state index < -0.39 is 0 Å². The van der Waals surface area contributed by atoms with Crippen LogP contribution < -0.4 is 0 Å². The van der Waals surface area contributed by atoms with Crippen LogP contribution >= 0.6 is 11.3 Å². The smallest absolute Gasteiger partial charge is 0.152 e. The fourth-order valence-corrected chi connectivity index (χ4v) is 7.65. The second kappa shape index (κ2) is 8.29. The molecule has 0 aliphatic rings. The third-order valence-electron chi connectivity index (χ3n) is 8.25. The summed E-state index contributed by atoms with van der Waals surface area (Å²) in [6, 6.07) is 48.2. The van der Waals surface area contributed by atoms with Crippen LogP contribution in [-0.4, -0.2) is 0 Å². The molecule has 0 aliphatic heterocycles. The van der Waals surface area contributed by atoms with Gasteiger partial charge in [0.25, 0.3) is 0 Å². The molecule has 0 unspecified atom stereocenters. The van der Waals surface area contributed by atoms with Crippen molar-refractivity contribution >= 4 is 74.8 Å². The van der Waals surface area contributed by atoms with Crippen molar-refractivity contribution in [2.75, 3.05) is 0 Å². The number of fused-ring (bicyclic) bond motifs is 8. The van der Waals surface area contributed by atoms with E-state index in [-0.39, 0.29) is 0 Å². The lowest BCUT2D eigenvalue weighted by Gasteiger charge is -2.16. The summed E-state index contributed by atoms with van der Waals surface area (Å²) in [7, 11) is 0. The summed E-state index contributed by atoms with van der Waals surface area (Å²) in [6.07, 6.45) is 0. The van der Waals surface area contributed by atoms with Crippen molar-refractivity contribution in [1.82, 2.24) is 0 Å². The third-order valence-corrected chi connectivity index (χ3v) is 9.43. The van der Waals surface area contributed by atoms with E-state index in [1.807, 2.05) is 11.3 Å². The van der Waals surface area contributed by atoms with E-state index in [0.717, 1.165) is 22.3 Å². The first-order valence-corrected chi connectivity index (χ1v) is 14.4. The molecule has 9 rings (SSSR count). The van der Waals surface area contributed by atoms with Gasteiger partial charge in [-0.25, -0.2) is 0 Å². The topological polar surface area (TPSA) is 13.1 Å². The number of rotatable bonds is 2. The normalized spacial score (nSPS) is 12.0. The van der Waals surface area contributed by atoms with Crippen molar-refractivity contribution in [3.63, 3.8) is 0 Å². The molecule has 0 fully saturated rings. The van der Waals surface area contributed by atoms with Crippen LogP contribution in [0.15, 0.2) is 138 Å². The zero-order valence-corrected chi connectivity index (χ0v) is 22.3. The molecule has 2 heterocycles. The lowest BCUT2D eigenvalue weighted by Crippen LogP contribution is -1.90. The molecule has 2 aromatic heterocycles. The maximum absolute atomic E-state index is 6.83. The highest BCUT2D eigenvalue weighted by Crippen LogP contribution is 2.47. The van der Waals surface area contributed by atoms with Gasteiger partial charge >= 0.3 is 0 Å². The standard InChI is InChI=1S/C38H22OS/c1-2-10-24-21-25(18-17-23(24)9-1)35-28-12-3-5-14-30(28)36(31-15-6-4-13-29(31)35)33-22-26-19-20-32-27-11-7-8-16-34(27)40-38(32)37(26)39-33/h1-22H. The third kappa shape index (κ3) is 3.08. The average Bonchev–Trinajstić information content (AvgIpc) is 3.61. The van der Waals surface area contributed by atoms with Crippen molar-refractivity contribution in [2.45, 2.75) is 0 Å². The van der Waals surface area contributed by atoms with Crippen molar-refractivity contribution in [2.24, 2.45) is 0 Å². The molecular weight excluding hydrogens is 504 g/mol. The Morgan fingerprint density at radius 3 is 1.77 bits per heavy atom. The number of thiophene rings is 1. The number of furan rings is 1. The van der Waals surface area contributed by atoms with Gasteiger partial charge in [0.2, 0.25) is 0 Å². The molecule has 0 bridgehead atoms. The fraction of sp³-hybridized carbons (Fsp3) is 0. The number of benzene rings is 7. The van der Waals surface area contributed by atoms with Gasteiger partial charge in [-0.15, -0.1) is 11.3 Å². The van der Waals surface area contributed by atoms with Crippen LogP contribution in [0.5, 0.6) is 0 Å². The van der Waals surface area contributed by atoms with Crippen molar-refractivity contribution < 1.29 is 4.42 Å². The minimum atomic E-state index is 0.914. The molecule has 40 heavy (non-hydrogen) atoms. The quantitative estimate of drug-likeness (QED) is 0.204. The molecule has 0 aliphatic carbocycles. The monoisotopic (exact) mass is 526 g/mol. The molecule has 0 saturated carbocycles. The Labute approximate surface area is 234 Å². The molecule has 0 radical (unpaired) electrons. The van der Waals surface area contributed by atoms with Crippen LogP contribution in [0.25, 0.3) is 85.9 Å². The van der Waals surface area contributed by atoms with E-state index in [2.05, 4.69) is 133 Å². The van der Waals surface area contributed by atoms with Crippen LogP contribution in [-0.2, 0) is 0 Å². The summed E-state index contributed by atoms with van der Waals surface area (Å²) in [5.74, 6) is 0.914. The van der Waals surface area contributed by atoms with Gasteiger partial charge in [-0.2, -0.15) is 0 Å². The summed E-state index contributed by atoms with van der Waals surface area (Å²) in [4.78, 5) is 0. The molecule has 0 atom stereocenters. The zero-order chi connectivity index (χ0) is 26.2. The Kier molecular flexibility index (Phi) is 4.55. The largest absolute Gasteiger partial charge is 0.455 e. The van der Waals surface area contributed by atoms with E-state index in [1.165, 1.54) is 63.6 Å². The van der Waals surface area contributed by atoms with Gasteiger partial charge in [-0.05, 0) is 61.6 Å². The van der Waals surface area contributed by atoms with Crippen LogP contribution in [0.4, 0.5) is 0 Å². The van der Waals surface area contributed by atoms with E-state index in [0.29, 0.717) is 0 Å². The van der Waals surface area contributed by atoms with Gasteiger partial charge in [0.05, 0.1) is 4.70 Å². The molecule has 0 spiro atoms. The molecule has 0 N–H and O–H groups in total. The Morgan fingerprint density at radius 2 is 1.02 bits per heavy atom. The predicted octanol–water partition coefficient (Wildman–Crippen LogP) is 11.6. The predicted molar refractivity (Wildman–Crippen MR) is 172 cm³/mol. The van der Waals surface area contributed by atoms with Crippen molar-refractivity contribution in [1.29, 1.82) is 0 Å². The maximum Gasteiger partial charge on any atom is 0.152 e. The Bertz CT molecular complexity index is 2380. The van der Waals surface area contributed by atoms with E-state index in [4.69, 9.17) is 4.42 Å². The van der Waals surface area contributed by atoms with Crippen LogP contribution in [0.2, 0.25) is 0 Å². The van der Waals surface area contributed by atoms with Gasteiger partial charge in [0.1, 0.15) is 5.76 Å². The van der Waals surface area contributed by atoms with Crippen LogP contribution in [0, 0.1) is 0 Å². The summed E-state index contributed by atoms with van der Waals surface area (Å²) in [5, 5.41) is 11.1. The molecular formula is C38H22OS. The van der Waals surface area contributed by atoms with Crippen molar-refractivity contribution in [3.8, 4) is 22.5 Å². The second-order valence-electron chi connectivity index (χ2n) is 10.5. The minimum absolute atomic E-state index is 0.914. The van der Waals surface area contributed by atoms with Gasteiger partial charge in [-0.3, -0.25) is 0 Å². The molecule has 0 amide bonds. The van der Waals surface area contributed by atoms with E-state index >= 15 is 0 Å². The van der Waals surface area contributed by atoms with E-state index in [9.17, 15) is 0 Å². The fourth-order valence-electron chi connectivity index (χ4n) is 6.45. The van der Waals surface area contributed by atoms with Crippen LogP contribution in [0.3, 0.4) is 0 Å². The maximum atomic E-state index is 6.83.